The number of hydrogen-bond acceptors (Lipinski definition) is 2. The predicted octanol–water partition coefficient (Wildman–Crippen LogP) is 5.04. The fourth-order valence-electron chi connectivity index (χ4n) is 4.22. The minimum atomic E-state index is 0.742. The van der Waals surface area contributed by atoms with Crippen molar-refractivity contribution in [2.75, 3.05) is 39.0 Å². The SMILES string of the molecule is CCC(CCCCCCCC[N+]1(CCCCS)CCCC1)NC. The molecule has 1 fully saturated rings. The van der Waals surface area contributed by atoms with E-state index in [0.717, 1.165) is 11.8 Å². The molecule has 0 bridgehead atoms. The largest absolute Gasteiger partial charge is 0.324 e. The lowest BCUT2D eigenvalue weighted by Gasteiger charge is -2.34. The highest BCUT2D eigenvalue weighted by Gasteiger charge is 2.30. The van der Waals surface area contributed by atoms with Crippen LogP contribution in [0.1, 0.15) is 84.0 Å². The molecule has 1 atom stereocenters. The number of hydrogen-bond donors (Lipinski definition) is 2. The molecular formula is C20H43N2S+. The summed E-state index contributed by atoms with van der Waals surface area (Å²) < 4.78 is 1.44. The van der Waals surface area contributed by atoms with Crippen LogP contribution in [0.3, 0.4) is 0 Å². The standard InChI is InChI=1S/C20H42N2S/c1-3-20(21-2)14-8-6-4-5-7-9-15-22(16-10-11-17-22)18-12-13-19-23/h20-21H,3-19H2,1-2H3/p+1. The zero-order valence-electron chi connectivity index (χ0n) is 16.0. The normalized spacial score (nSPS) is 18.4. The van der Waals surface area contributed by atoms with Gasteiger partial charge in [0.15, 0.2) is 0 Å². The third-order valence-electron chi connectivity index (χ3n) is 5.89. The molecule has 1 rings (SSSR count). The van der Waals surface area contributed by atoms with Gasteiger partial charge in [-0.25, -0.2) is 0 Å². The van der Waals surface area contributed by atoms with Crippen molar-refractivity contribution in [3.8, 4) is 0 Å². The molecule has 0 aromatic carbocycles. The molecule has 0 aromatic rings. The minimum Gasteiger partial charge on any atom is -0.324 e. The molecule has 1 saturated heterocycles. The first kappa shape index (κ1) is 21.3. The maximum Gasteiger partial charge on any atom is 0.0788 e. The molecule has 0 radical (unpaired) electrons. The molecule has 0 spiro atoms. The van der Waals surface area contributed by atoms with E-state index < -0.39 is 0 Å². The molecule has 1 heterocycles. The molecule has 1 aliphatic rings. The van der Waals surface area contributed by atoms with Gasteiger partial charge >= 0.3 is 0 Å². The molecule has 1 N–H and O–H groups in total. The lowest BCUT2D eigenvalue weighted by Crippen LogP contribution is -2.46. The van der Waals surface area contributed by atoms with Gasteiger partial charge in [-0.1, -0.05) is 32.6 Å². The first-order chi connectivity index (χ1) is 11.3. The van der Waals surface area contributed by atoms with E-state index in [-0.39, 0.29) is 0 Å². The van der Waals surface area contributed by atoms with Crippen LogP contribution in [0.15, 0.2) is 0 Å². The van der Waals surface area contributed by atoms with Crippen molar-refractivity contribution < 1.29 is 4.48 Å². The van der Waals surface area contributed by atoms with Crippen LogP contribution in [-0.2, 0) is 0 Å². The third kappa shape index (κ3) is 9.36. The lowest BCUT2D eigenvalue weighted by atomic mass is 10.0. The maximum atomic E-state index is 4.36. The van der Waals surface area contributed by atoms with Gasteiger partial charge in [0.05, 0.1) is 26.2 Å². The Hall–Kier alpha value is 0.270. The Bertz CT molecular complexity index is 260. The smallest absolute Gasteiger partial charge is 0.0788 e. The Morgan fingerprint density at radius 2 is 1.43 bits per heavy atom. The average Bonchev–Trinajstić information content (AvgIpc) is 3.03. The molecular weight excluding hydrogens is 300 g/mol. The van der Waals surface area contributed by atoms with E-state index in [0.29, 0.717) is 0 Å². The summed E-state index contributed by atoms with van der Waals surface area (Å²) in [6.07, 6.45) is 16.9. The van der Waals surface area contributed by atoms with E-state index in [1.165, 1.54) is 108 Å². The molecule has 0 aromatic heterocycles. The second-order valence-corrected chi connectivity index (χ2v) is 8.12. The summed E-state index contributed by atoms with van der Waals surface area (Å²) in [4.78, 5) is 0. The second-order valence-electron chi connectivity index (χ2n) is 7.68. The molecule has 138 valence electrons. The van der Waals surface area contributed by atoms with Crippen LogP contribution >= 0.6 is 12.6 Å². The van der Waals surface area contributed by atoms with Crippen LogP contribution < -0.4 is 5.32 Å². The van der Waals surface area contributed by atoms with Crippen molar-refractivity contribution in [1.29, 1.82) is 0 Å². The summed E-state index contributed by atoms with van der Waals surface area (Å²) in [5.41, 5.74) is 0. The van der Waals surface area contributed by atoms with Crippen LogP contribution in [0.25, 0.3) is 0 Å². The van der Waals surface area contributed by atoms with Gasteiger partial charge < -0.3 is 9.80 Å². The number of nitrogens with zero attached hydrogens (tertiary/aromatic N) is 1. The topological polar surface area (TPSA) is 12.0 Å². The van der Waals surface area contributed by atoms with Crippen LogP contribution in [0.2, 0.25) is 0 Å². The summed E-state index contributed by atoms with van der Waals surface area (Å²) in [5.74, 6) is 1.06. The van der Waals surface area contributed by atoms with Gasteiger partial charge in [0.25, 0.3) is 0 Å². The van der Waals surface area contributed by atoms with Crippen molar-refractivity contribution in [3.63, 3.8) is 0 Å². The molecule has 2 nitrogen and oxygen atoms in total. The van der Waals surface area contributed by atoms with E-state index >= 15 is 0 Å². The molecule has 1 aliphatic heterocycles. The highest BCUT2D eigenvalue weighted by molar-refractivity contribution is 7.80. The fourth-order valence-corrected chi connectivity index (χ4v) is 4.45. The number of nitrogens with one attached hydrogen (secondary N) is 1. The third-order valence-corrected chi connectivity index (χ3v) is 6.21. The van der Waals surface area contributed by atoms with E-state index in [1.807, 2.05) is 0 Å². The Kier molecular flexibility index (Phi) is 12.6. The second kappa shape index (κ2) is 13.5. The fraction of sp³-hybridized carbons (Fsp3) is 1.00. The van der Waals surface area contributed by atoms with Gasteiger partial charge in [-0.05, 0) is 51.3 Å². The highest BCUT2D eigenvalue weighted by atomic mass is 32.1. The van der Waals surface area contributed by atoms with Crippen molar-refractivity contribution in [1.82, 2.24) is 5.32 Å². The number of unbranched alkanes of at least 4 members (excludes halogenated alkanes) is 6. The Balaban J connectivity index is 2.02. The van der Waals surface area contributed by atoms with Crippen molar-refractivity contribution in [3.05, 3.63) is 0 Å². The van der Waals surface area contributed by atoms with Crippen molar-refractivity contribution in [2.45, 2.75) is 90.0 Å². The number of thiol groups is 1. The van der Waals surface area contributed by atoms with Crippen molar-refractivity contribution >= 4 is 12.6 Å². The van der Waals surface area contributed by atoms with E-state index in [2.05, 4.69) is 31.9 Å². The van der Waals surface area contributed by atoms with Crippen LogP contribution in [-0.4, -0.2) is 49.5 Å². The van der Waals surface area contributed by atoms with Gasteiger partial charge in [-0.15, -0.1) is 0 Å². The maximum absolute atomic E-state index is 4.36. The molecule has 1 unspecified atom stereocenters. The number of rotatable bonds is 15. The van der Waals surface area contributed by atoms with Gasteiger partial charge in [0.1, 0.15) is 0 Å². The lowest BCUT2D eigenvalue weighted by molar-refractivity contribution is -0.917. The quantitative estimate of drug-likeness (QED) is 0.241. The zero-order valence-corrected chi connectivity index (χ0v) is 16.9. The highest BCUT2D eigenvalue weighted by Crippen LogP contribution is 2.22. The van der Waals surface area contributed by atoms with Crippen LogP contribution in [0.4, 0.5) is 0 Å². The first-order valence-corrected chi connectivity index (χ1v) is 11.0. The van der Waals surface area contributed by atoms with Gasteiger partial charge in [-0.2, -0.15) is 12.6 Å². The molecule has 0 aliphatic carbocycles. The molecule has 0 saturated carbocycles. The van der Waals surface area contributed by atoms with Gasteiger partial charge in [0, 0.05) is 18.9 Å². The Labute approximate surface area is 151 Å². The van der Waals surface area contributed by atoms with Gasteiger partial charge in [0.2, 0.25) is 0 Å². The summed E-state index contributed by atoms with van der Waals surface area (Å²) in [5, 5.41) is 3.41. The predicted molar refractivity (Wildman–Crippen MR) is 108 cm³/mol. The molecule has 0 amide bonds. The van der Waals surface area contributed by atoms with Crippen LogP contribution in [0.5, 0.6) is 0 Å². The van der Waals surface area contributed by atoms with E-state index in [4.69, 9.17) is 0 Å². The summed E-state index contributed by atoms with van der Waals surface area (Å²) in [6.45, 7) is 8.06. The minimum absolute atomic E-state index is 0.742. The zero-order chi connectivity index (χ0) is 16.8. The molecule has 23 heavy (non-hydrogen) atoms. The summed E-state index contributed by atoms with van der Waals surface area (Å²) in [6, 6.07) is 0.742. The van der Waals surface area contributed by atoms with Crippen molar-refractivity contribution in [2.24, 2.45) is 0 Å². The average molecular weight is 344 g/mol. The number of likely N-dealkylation sites (tertiary alicyclic amines) is 1. The van der Waals surface area contributed by atoms with E-state index in [1.54, 1.807) is 0 Å². The summed E-state index contributed by atoms with van der Waals surface area (Å²) >= 11 is 4.36. The van der Waals surface area contributed by atoms with Crippen LogP contribution in [0, 0.1) is 0 Å². The first-order valence-electron chi connectivity index (χ1n) is 10.4. The number of quaternary nitrogens is 1. The Morgan fingerprint density at radius 3 is 2.00 bits per heavy atom. The van der Waals surface area contributed by atoms with Gasteiger partial charge in [-0.3, -0.25) is 0 Å². The van der Waals surface area contributed by atoms with E-state index in [9.17, 15) is 0 Å². The summed E-state index contributed by atoms with van der Waals surface area (Å²) in [7, 11) is 2.10. The Morgan fingerprint density at radius 1 is 0.870 bits per heavy atom. The molecule has 3 heteroatoms. The monoisotopic (exact) mass is 343 g/mol.